The zero-order chi connectivity index (χ0) is 25.5. The van der Waals surface area contributed by atoms with E-state index >= 15 is 0 Å². The molecule has 0 aliphatic carbocycles. The van der Waals surface area contributed by atoms with Crippen LogP contribution in [0.25, 0.3) is 10.8 Å². The second kappa shape index (κ2) is 11.1. The second-order valence-electron chi connectivity index (χ2n) is 7.68. The van der Waals surface area contributed by atoms with Crippen molar-refractivity contribution in [2.24, 2.45) is 15.7 Å². The molecule has 7 heteroatoms. The van der Waals surface area contributed by atoms with Gasteiger partial charge in [-0.1, -0.05) is 98.8 Å². The van der Waals surface area contributed by atoms with Crippen molar-refractivity contribution >= 4 is 40.0 Å². The normalized spacial score (nSPS) is 14.9. The molecule has 4 aromatic rings. The number of benzodiazepines with no additional fused rings is 1. The van der Waals surface area contributed by atoms with Crippen LogP contribution in [-0.4, -0.2) is 29.7 Å². The maximum absolute atomic E-state index is 12.9. The number of nitrogens with zero attached hydrogens (tertiary/aromatic N) is 2. The number of carbonyl (C=O) groups is 1. The van der Waals surface area contributed by atoms with Gasteiger partial charge in [0.05, 0.1) is 11.4 Å². The fourth-order valence-electron chi connectivity index (χ4n) is 3.89. The number of fused-ring (bicyclic) bond motifs is 2. The average Bonchev–Trinajstić information content (AvgIpc) is 3.06. The van der Waals surface area contributed by atoms with Crippen molar-refractivity contribution in [1.82, 2.24) is 0 Å². The summed E-state index contributed by atoms with van der Waals surface area (Å²) in [5.41, 5.74) is 9.47. The Morgan fingerprint density at radius 1 is 0.917 bits per heavy atom. The van der Waals surface area contributed by atoms with E-state index in [-0.39, 0.29) is 11.9 Å². The lowest BCUT2D eigenvalue weighted by Crippen LogP contribution is -2.29. The van der Waals surface area contributed by atoms with Crippen LogP contribution in [0.4, 0.5) is 5.69 Å². The molecule has 0 fully saturated rings. The Labute approximate surface area is 209 Å². The van der Waals surface area contributed by atoms with Crippen LogP contribution in [0.15, 0.2) is 107 Å². The standard InChI is InChI=1S/C27H21N5O2.C2H6/c28-24(20-15-8-12-17-9-4-5-13-19(17)20)34-27(29)32-25-26(33)30-22-16-7-6-14-21(22)23(31-25)18-10-2-1-3-11-18;1-2/h1-16,25,28H,(H2,29,32)(H,30,33);1-2H3. The molecule has 0 aromatic heterocycles. The van der Waals surface area contributed by atoms with Gasteiger partial charge < -0.3 is 15.8 Å². The highest BCUT2D eigenvalue weighted by molar-refractivity contribution is 6.19. The van der Waals surface area contributed by atoms with Gasteiger partial charge in [0.15, 0.2) is 0 Å². The van der Waals surface area contributed by atoms with Gasteiger partial charge in [-0.3, -0.25) is 10.2 Å². The van der Waals surface area contributed by atoms with E-state index in [1.807, 2.05) is 105 Å². The van der Waals surface area contributed by atoms with Crippen molar-refractivity contribution in [3.05, 3.63) is 114 Å². The number of nitrogens with two attached hydrogens (primary N) is 1. The van der Waals surface area contributed by atoms with Crippen LogP contribution in [-0.2, 0) is 9.53 Å². The average molecular weight is 478 g/mol. The summed E-state index contributed by atoms with van der Waals surface area (Å²) in [4.78, 5) is 21.8. The van der Waals surface area contributed by atoms with Crippen LogP contribution in [0.2, 0.25) is 0 Å². The molecule has 1 atom stereocenters. The SMILES string of the molecule is CC.N=C(O/C(N)=N/C1N=C(c2ccccc2)c2ccccc2NC1=O)c1cccc2ccccc12. The highest BCUT2D eigenvalue weighted by atomic mass is 16.5. The maximum atomic E-state index is 12.9. The van der Waals surface area contributed by atoms with Crippen LogP contribution < -0.4 is 11.1 Å². The molecule has 0 radical (unpaired) electrons. The van der Waals surface area contributed by atoms with Crippen molar-refractivity contribution in [2.45, 2.75) is 20.0 Å². The summed E-state index contributed by atoms with van der Waals surface area (Å²) in [6.45, 7) is 4.00. The van der Waals surface area contributed by atoms with Gasteiger partial charge in [0.25, 0.3) is 11.9 Å². The van der Waals surface area contributed by atoms with Crippen LogP contribution in [0.5, 0.6) is 0 Å². The van der Waals surface area contributed by atoms with Gasteiger partial charge in [-0.25, -0.2) is 4.99 Å². The third-order valence-corrected chi connectivity index (χ3v) is 5.46. The smallest absolute Gasteiger partial charge is 0.291 e. The van der Waals surface area contributed by atoms with Crippen molar-refractivity contribution in [3.8, 4) is 0 Å². The van der Waals surface area contributed by atoms with E-state index < -0.39 is 12.1 Å². The molecule has 1 aliphatic rings. The van der Waals surface area contributed by atoms with E-state index in [0.717, 1.165) is 21.9 Å². The summed E-state index contributed by atoms with van der Waals surface area (Å²) in [5, 5.41) is 13.1. The number of benzene rings is 4. The number of amidine groups is 1. The number of aliphatic imine (C=N–C) groups is 2. The molecule has 1 heterocycles. The van der Waals surface area contributed by atoms with Crippen LogP contribution >= 0.6 is 0 Å². The number of ether oxygens (including phenoxy) is 1. The van der Waals surface area contributed by atoms with Gasteiger partial charge in [-0.15, -0.1) is 0 Å². The Morgan fingerprint density at radius 2 is 1.58 bits per heavy atom. The fourth-order valence-corrected chi connectivity index (χ4v) is 3.89. The Bertz CT molecular complexity index is 1460. The first-order valence-electron chi connectivity index (χ1n) is 11.7. The summed E-state index contributed by atoms with van der Waals surface area (Å²) >= 11 is 0. The summed E-state index contributed by atoms with van der Waals surface area (Å²) in [6, 6.07) is 29.9. The van der Waals surface area contributed by atoms with Gasteiger partial charge in [0, 0.05) is 16.7 Å². The molecule has 0 bridgehead atoms. The monoisotopic (exact) mass is 477 g/mol. The molecule has 7 nitrogen and oxygen atoms in total. The number of hydrogen-bond donors (Lipinski definition) is 3. The first-order chi connectivity index (χ1) is 17.6. The van der Waals surface area contributed by atoms with Crippen molar-refractivity contribution in [3.63, 3.8) is 0 Å². The maximum Gasteiger partial charge on any atom is 0.291 e. The molecule has 0 saturated carbocycles. The number of hydrogen-bond acceptors (Lipinski definition) is 5. The number of amides is 1. The Balaban J connectivity index is 0.00000148. The minimum atomic E-state index is -1.18. The van der Waals surface area contributed by atoms with E-state index in [1.165, 1.54) is 0 Å². The quantitative estimate of drug-likeness (QED) is 0.273. The molecular weight excluding hydrogens is 450 g/mol. The van der Waals surface area contributed by atoms with Gasteiger partial charge in [-0.2, -0.15) is 4.99 Å². The van der Waals surface area contributed by atoms with Gasteiger partial charge in [0.1, 0.15) is 0 Å². The van der Waals surface area contributed by atoms with E-state index in [0.29, 0.717) is 17.0 Å². The minimum absolute atomic E-state index is 0.164. The lowest BCUT2D eigenvalue weighted by Gasteiger charge is -2.11. The third kappa shape index (κ3) is 5.15. The third-order valence-electron chi connectivity index (χ3n) is 5.46. The number of para-hydroxylation sites is 1. The number of carbonyl (C=O) groups excluding carboxylic acids is 1. The molecule has 0 saturated heterocycles. The summed E-state index contributed by atoms with van der Waals surface area (Å²) in [5.74, 6) is -0.607. The van der Waals surface area contributed by atoms with Crippen molar-refractivity contribution < 1.29 is 9.53 Å². The predicted octanol–water partition coefficient (Wildman–Crippen LogP) is 5.34. The Kier molecular flexibility index (Phi) is 7.51. The molecule has 1 aliphatic heterocycles. The number of anilines is 1. The first-order valence-corrected chi connectivity index (χ1v) is 11.7. The lowest BCUT2D eigenvalue weighted by atomic mass is 10.0. The first kappa shape index (κ1) is 24.3. The zero-order valence-corrected chi connectivity index (χ0v) is 20.1. The molecular formula is C29H27N5O2. The Hall–Kier alpha value is -4.78. The topological polar surface area (TPSA) is 113 Å². The largest absolute Gasteiger partial charge is 0.407 e. The highest BCUT2D eigenvalue weighted by Crippen LogP contribution is 2.24. The van der Waals surface area contributed by atoms with Crippen molar-refractivity contribution in [1.29, 1.82) is 5.41 Å². The molecule has 180 valence electrons. The summed E-state index contributed by atoms with van der Waals surface area (Å²) < 4.78 is 5.52. The predicted molar refractivity (Wildman–Crippen MR) is 146 cm³/mol. The fraction of sp³-hybridized carbons (Fsp3) is 0.103. The highest BCUT2D eigenvalue weighted by Gasteiger charge is 2.26. The van der Waals surface area contributed by atoms with E-state index in [1.54, 1.807) is 6.07 Å². The molecule has 36 heavy (non-hydrogen) atoms. The molecule has 5 rings (SSSR count). The zero-order valence-electron chi connectivity index (χ0n) is 20.1. The number of nitrogens with one attached hydrogen (secondary N) is 2. The molecule has 1 amide bonds. The molecule has 4 aromatic carbocycles. The molecule has 4 N–H and O–H groups in total. The minimum Gasteiger partial charge on any atom is -0.407 e. The second-order valence-corrected chi connectivity index (χ2v) is 7.68. The Morgan fingerprint density at radius 3 is 2.39 bits per heavy atom. The van der Waals surface area contributed by atoms with E-state index in [9.17, 15) is 4.79 Å². The summed E-state index contributed by atoms with van der Waals surface area (Å²) in [6.07, 6.45) is -1.18. The summed E-state index contributed by atoms with van der Waals surface area (Å²) in [7, 11) is 0. The van der Waals surface area contributed by atoms with Crippen LogP contribution in [0, 0.1) is 5.41 Å². The van der Waals surface area contributed by atoms with Gasteiger partial charge in [-0.05, 0) is 22.9 Å². The van der Waals surface area contributed by atoms with E-state index in [4.69, 9.17) is 15.9 Å². The van der Waals surface area contributed by atoms with E-state index in [2.05, 4.69) is 15.3 Å². The molecule has 1 unspecified atom stereocenters. The van der Waals surface area contributed by atoms with Gasteiger partial charge in [0.2, 0.25) is 12.1 Å². The number of rotatable bonds is 3. The van der Waals surface area contributed by atoms with Crippen molar-refractivity contribution in [2.75, 3.05) is 5.32 Å². The van der Waals surface area contributed by atoms with Crippen LogP contribution in [0.3, 0.4) is 0 Å². The van der Waals surface area contributed by atoms with Gasteiger partial charge >= 0.3 is 0 Å². The molecule has 0 spiro atoms. The lowest BCUT2D eigenvalue weighted by molar-refractivity contribution is -0.117. The van der Waals surface area contributed by atoms with Crippen LogP contribution in [0.1, 0.15) is 30.5 Å².